The lowest BCUT2D eigenvalue weighted by Gasteiger charge is -2.36. The molecule has 2 N–H and O–H groups in total. The molecule has 0 aliphatic heterocycles. The molecule has 6 nitrogen and oxygen atoms in total. The lowest BCUT2D eigenvalue weighted by Crippen LogP contribution is -2.35. The van der Waals surface area contributed by atoms with Gasteiger partial charge in [0.05, 0.1) is 26.9 Å². The Balaban J connectivity index is 1.72. The van der Waals surface area contributed by atoms with Gasteiger partial charge in [-0.2, -0.15) is 0 Å². The zero-order chi connectivity index (χ0) is 27.0. The van der Waals surface area contributed by atoms with E-state index in [1.807, 2.05) is 97.9 Å². The molecule has 0 aliphatic carbocycles. The largest absolute Gasteiger partial charge is 0.497 e. The molecule has 6 heteroatoms. The first-order chi connectivity index (χ1) is 18.5. The van der Waals surface area contributed by atoms with Crippen LogP contribution in [0.15, 0.2) is 103 Å². The summed E-state index contributed by atoms with van der Waals surface area (Å²) in [6, 6.07) is 33.6. The van der Waals surface area contributed by atoms with E-state index in [-0.39, 0.29) is 11.9 Å². The molecule has 4 aromatic carbocycles. The summed E-state index contributed by atoms with van der Waals surface area (Å²) >= 11 is 0. The van der Waals surface area contributed by atoms with Crippen LogP contribution in [0.1, 0.15) is 29.2 Å². The van der Waals surface area contributed by atoms with Crippen LogP contribution in [0.2, 0.25) is 0 Å². The maximum atomic E-state index is 12.2. The molecule has 196 valence electrons. The summed E-state index contributed by atoms with van der Waals surface area (Å²) < 4.78 is 17.8. The molecule has 4 rings (SSSR count). The lowest BCUT2D eigenvalue weighted by molar-refractivity contribution is -0.117. The lowest BCUT2D eigenvalue weighted by atomic mass is 9.80. The predicted octanol–water partition coefficient (Wildman–Crippen LogP) is 5.76. The van der Waals surface area contributed by atoms with Crippen molar-refractivity contribution in [2.24, 2.45) is 0 Å². The van der Waals surface area contributed by atoms with Crippen LogP contribution in [0.25, 0.3) is 0 Å². The highest BCUT2D eigenvalue weighted by Gasteiger charge is 2.38. The molecule has 4 aromatic rings. The second kappa shape index (κ2) is 12.4. The molecule has 0 saturated heterocycles. The Labute approximate surface area is 224 Å². The average molecular weight is 511 g/mol. The number of anilines is 1. The van der Waals surface area contributed by atoms with Gasteiger partial charge in [-0.25, -0.2) is 0 Å². The van der Waals surface area contributed by atoms with Gasteiger partial charge in [0.25, 0.3) is 0 Å². The number of hydrogen-bond donors (Lipinski definition) is 2. The second-order valence-corrected chi connectivity index (χ2v) is 8.99. The van der Waals surface area contributed by atoms with E-state index >= 15 is 0 Å². The van der Waals surface area contributed by atoms with Gasteiger partial charge in [0.1, 0.15) is 17.1 Å². The molecule has 0 saturated carbocycles. The van der Waals surface area contributed by atoms with Crippen LogP contribution in [0.3, 0.4) is 0 Å². The second-order valence-electron chi connectivity index (χ2n) is 8.99. The number of benzene rings is 4. The van der Waals surface area contributed by atoms with E-state index in [1.54, 1.807) is 21.3 Å². The molecule has 0 aliphatic rings. The fraction of sp³-hybridized carbons (Fsp3) is 0.219. The van der Waals surface area contributed by atoms with E-state index in [2.05, 4.69) is 22.8 Å². The van der Waals surface area contributed by atoms with Crippen molar-refractivity contribution in [2.45, 2.75) is 25.2 Å². The summed E-state index contributed by atoms with van der Waals surface area (Å²) in [6.07, 6.45) is 0. The highest BCUT2D eigenvalue weighted by Crippen LogP contribution is 2.42. The van der Waals surface area contributed by atoms with Crippen molar-refractivity contribution in [3.8, 4) is 11.5 Å². The first kappa shape index (κ1) is 26.9. The number of carbonyl (C=O) groups excluding carboxylic acids is 1. The Kier molecular flexibility index (Phi) is 8.79. The zero-order valence-electron chi connectivity index (χ0n) is 22.2. The van der Waals surface area contributed by atoms with Crippen molar-refractivity contribution in [3.63, 3.8) is 0 Å². The molecule has 1 amide bonds. The van der Waals surface area contributed by atoms with E-state index in [1.165, 1.54) is 0 Å². The van der Waals surface area contributed by atoms with Crippen LogP contribution in [0.4, 0.5) is 5.69 Å². The summed E-state index contributed by atoms with van der Waals surface area (Å²) in [5.74, 6) is 1.46. The van der Waals surface area contributed by atoms with Crippen molar-refractivity contribution in [3.05, 3.63) is 125 Å². The van der Waals surface area contributed by atoms with E-state index in [9.17, 15) is 4.79 Å². The minimum absolute atomic E-state index is 0.0846. The van der Waals surface area contributed by atoms with E-state index in [4.69, 9.17) is 14.2 Å². The molecular weight excluding hydrogens is 476 g/mol. The van der Waals surface area contributed by atoms with Crippen LogP contribution < -0.4 is 20.1 Å². The Bertz CT molecular complexity index is 1260. The Morgan fingerprint density at radius 1 is 0.737 bits per heavy atom. The fourth-order valence-corrected chi connectivity index (χ4v) is 4.33. The van der Waals surface area contributed by atoms with E-state index in [0.29, 0.717) is 6.61 Å². The first-order valence-electron chi connectivity index (χ1n) is 12.6. The number of amides is 1. The number of hydrogen-bond acceptors (Lipinski definition) is 5. The Morgan fingerprint density at radius 3 is 1.71 bits per heavy atom. The fourth-order valence-electron chi connectivity index (χ4n) is 4.33. The quantitative estimate of drug-likeness (QED) is 0.251. The van der Waals surface area contributed by atoms with Gasteiger partial charge < -0.3 is 24.8 Å². The van der Waals surface area contributed by atoms with Gasteiger partial charge in [0, 0.05) is 5.69 Å². The highest BCUT2D eigenvalue weighted by atomic mass is 16.5. The minimum atomic E-state index is -0.894. The standard InChI is InChI=1S/C32H34N2O4/c1-23(33-2)31(35)34-28-16-10-24(11-17-28)22-38-32(25-8-6-5-7-9-25,26-12-18-29(36-3)19-13-26)27-14-20-30(37-4)21-15-27/h5-21,23,33H,22H2,1-4H3,(H,34,35). The van der Waals surface area contributed by atoms with Gasteiger partial charge in [-0.05, 0) is 72.6 Å². The zero-order valence-corrected chi connectivity index (χ0v) is 22.2. The number of methoxy groups -OCH3 is 2. The summed E-state index contributed by atoms with van der Waals surface area (Å²) in [5, 5.41) is 5.87. The molecule has 0 fully saturated rings. The number of rotatable bonds is 11. The van der Waals surface area contributed by atoms with Gasteiger partial charge in [0.15, 0.2) is 0 Å². The Morgan fingerprint density at radius 2 is 1.24 bits per heavy atom. The van der Waals surface area contributed by atoms with Crippen molar-refractivity contribution in [1.82, 2.24) is 5.32 Å². The van der Waals surface area contributed by atoms with Crippen molar-refractivity contribution < 1.29 is 19.0 Å². The van der Waals surface area contributed by atoms with Crippen LogP contribution in [0, 0.1) is 0 Å². The third-order valence-electron chi connectivity index (χ3n) is 6.68. The van der Waals surface area contributed by atoms with Gasteiger partial charge in [0.2, 0.25) is 5.91 Å². The van der Waals surface area contributed by atoms with Gasteiger partial charge in [-0.3, -0.25) is 4.79 Å². The number of likely N-dealkylation sites (N-methyl/N-ethyl adjacent to an activating group) is 1. The molecule has 0 spiro atoms. The van der Waals surface area contributed by atoms with Gasteiger partial charge >= 0.3 is 0 Å². The maximum absolute atomic E-state index is 12.2. The summed E-state index contributed by atoms with van der Waals surface area (Å²) in [4.78, 5) is 12.2. The third-order valence-corrected chi connectivity index (χ3v) is 6.68. The monoisotopic (exact) mass is 510 g/mol. The van der Waals surface area contributed by atoms with Crippen LogP contribution in [-0.2, 0) is 21.7 Å². The molecular formula is C32H34N2O4. The minimum Gasteiger partial charge on any atom is -0.497 e. The molecule has 0 bridgehead atoms. The third kappa shape index (κ3) is 5.88. The van der Waals surface area contributed by atoms with Crippen LogP contribution in [0.5, 0.6) is 11.5 Å². The molecule has 1 unspecified atom stereocenters. The first-order valence-corrected chi connectivity index (χ1v) is 12.6. The van der Waals surface area contributed by atoms with Crippen molar-refractivity contribution >= 4 is 11.6 Å². The highest BCUT2D eigenvalue weighted by molar-refractivity contribution is 5.94. The number of nitrogens with one attached hydrogen (secondary N) is 2. The molecule has 38 heavy (non-hydrogen) atoms. The summed E-state index contributed by atoms with van der Waals surface area (Å²) in [7, 11) is 5.07. The molecule has 0 aromatic heterocycles. The number of ether oxygens (including phenoxy) is 3. The van der Waals surface area contributed by atoms with Crippen LogP contribution >= 0.6 is 0 Å². The van der Waals surface area contributed by atoms with Crippen molar-refractivity contribution in [1.29, 1.82) is 0 Å². The topological polar surface area (TPSA) is 68.8 Å². The molecule has 1 atom stereocenters. The SMILES string of the molecule is CNC(C)C(=O)Nc1ccc(COC(c2ccccc2)(c2ccc(OC)cc2)c2ccc(OC)cc2)cc1. The summed E-state index contributed by atoms with van der Waals surface area (Å²) in [5.41, 5.74) is 3.77. The Hall–Kier alpha value is -4.13. The number of carbonyl (C=O) groups is 1. The molecule has 0 radical (unpaired) electrons. The smallest absolute Gasteiger partial charge is 0.241 e. The predicted molar refractivity (Wildman–Crippen MR) is 151 cm³/mol. The van der Waals surface area contributed by atoms with E-state index < -0.39 is 5.60 Å². The van der Waals surface area contributed by atoms with E-state index in [0.717, 1.165) is 39.4 Å². The van der Waals surface area contributed by atoms with Gasteiger partial charge in [-0.1, -0.05) is 66.7 Å². The molecule has 0 heterocycles. The summed E-state index contributed by atoms with van der Waals surface area (Å²) in [6.45, 7) is 2.16. The van der Waals surface area contributed by atoms with Gasteiger partial charge in [-0.15, -0.1) is 0 Å². The van der Waals surface area contributed by atoms with Crippen LogP contribution in [-0.4, -0.2) is 33.2 Å². The maximum Gasteiger partial charge on any atom is 0.241 e. The normalized spacial score (nSPS) is 12.0. The van der Waals surface area contributed by atoms with Crippen molar-refractivity contribution in [2.75, 3.05) is 26.6 Å². The average Bonchev–Trinajstić information content (AvgIpc) is 2.99.